The van der Waals surface area contributed by atoms with Crippen molar-refractivity contribution in [2.75, 3.05) is 26.2 Å². The SMILES string of the molecule is Cn1ccc(CC(=O)N2CCN(C(=O)c3ccc4oc(=O)[nH]c4c3)CC2)c1. The molecule has 0 aliphatic carbocycles. The van der Waals surface area contributed by atoms with Crippen molar-refractivity contribution in [1.82, 2.24) is 19.4 Å². The van der Waals surface area contributed by atoms with E-state index in [4.69, 9.17) is 4.42 Å². The number of aromatic nitrogens is 2. The third-order valence-corrected chi connectivity index (χ3v) is 4.83. The highest BCUT2D eigenvalue weighted by Gasteiger charge is 2.25. The van der Waals surface area contributed by atoms with Crippen LogP contribution in [-0.4, -0.2) is 57.3 Å². The number of hydrogen-bond acceptors (Lipinski definition) is 4. The van der Waals surface area contributed by atoms with E-state index in [1.807, 2.05) is 30.1 Å². The van der Waals surface area contributed by atoms with E-state index >= 15 is 0 Å². The predicted octanol–water partition coefficient (Wildman–Crippen LogP) is 0.987. The Kier molecular flexibility index (Phi) is 4.31. The number of carbonyl (C=O) groups excluding carboxylic acids is 2. The van der Waals surface area contributed by atoms with Crippen molar-refractivity contribution in [2.24, 2.45) is 7.05 Å². The number of hydrogen-bond donors (Lipinski definition) is 1. The van der Waals surface area contributed by atoms with Crippen molar-refractivity contribution >= 4 is 22.9 Å². The van der Waals surface area contributed by atoms with Gasteiger partial charge in [0.2, 0.25) is 5.91 Å². The van der Waals surface area contributed by atoms with E-state index in [2.05, 4.69) is 4.98 Å². The molecule has 0 atom stereocenters. The lowest BCUT2D eigenvalue weighted by atomic mass is 10.1. The molecule has 2 amide bonds. The molecule has 0 radical (unpaired) electrons. The number of rotatable bonds is 3. The standard InChI is InChI=1S/C19H20N4O4/c1-21-5-4-13(12-21)10-17(24)22-6-8-23(9-7-22)18(25)14-2-3-16-15(11-14)20-19(26)27-16/h2-5,11-12H,6-10H2,1H3,(H,20,26). The first-order valence-corrected chi connectivity index (χ1v) is 8.80. The van der Waals surface area contributed by atoms with E-state index in [1.54, 1.807) is 28.0 Å². The average Bonchev–Trinajstić information content (AvgIpc) is 3.24. The summed E-state index contributed by atoms with van der Waals surface area (Å²) in [6.45, 7) is 2.00. The van der Waals surface area contributed by atoms with Crippen LogP contribution in [0.3, 0.4) is 0 Å². The summed E-state index contributed by atoms with van der Waals surface area (Å²) in [4.78, 5) is 42.5. The molecule has 1 aliphatic heterocycles. The molecule has 1 fully saturated rings. The molecular weight excluding hydrogens is 348 g/mol. The van der Waals surface area contributed by atoms with Gasteiger partial charge in [-0.05, 0) is 29.8 Å². The molecule has 8 heteroatoms. The van der Waals surface area contributed by atoms with Gasteiger partial charge in [-0.15, -0.1) is 0 Å². The van der Waals surface area contributed by atoms with Gasteiger partial charge in [0.15, 0.2) is 5.58 Å². The first-order valence-electron chi connectivity index (χ1n) is 8.80. The molecule has 140 valence electrons. The summed E-state index contributed by atoms with van der Waals surface area (Å²) in [5.74, 6) is -0.583. The van der Waals surface area contributed by atoms with E-state index in [0.29, 0.717) is 49.3 Å². The van der Waals surface area contributed by atoms with Crippen LogP contribution >= 0.6 is 0 Å². The molecule has 3 heterocycles. The molecule has 0 unspecified atom stereocenters. The third kappa shape index (κ3) is 3.51. The molecule has 1 aliphatic rings. The monoisotopic (exact) mass is 368 g/mol. The molecule has 4 rings (SSSR count). The normalized spacial score (nSPS) is 14.7. The van der Waals surface area contributed by atoms with E-state index in [9.17, 15) is 14.4 Å². The Hall–Kier alpha value is -3.29. The quantitative estimate of drug-likeness (QED) is 0.746. The van der Waals surface area contributed by atoms with Crippen molar-refractivity contribution in [2.45, 2.75) is 6.42 Å². The predicted molar refractivity (Wildman–Crippen MR) is 98.4 cm³/mol. The van der Waals surface area contributed by atoms with E-state index in [-0.39, 0.29) is 11.8 Å². The van der Waals surface area contributed by atoms with Crippen LogP contribution in [0.15, 0.2) is 45.9 Å². The summed E-state index contributed by atoms with van der Waals surface area (Å²) in [7, 11) is 1.93. The summed E-state index contributed by atoms with van der Waals surface area (Å²) in [5.41, 5.74) is 2.41. The second-order valence-electron chi connectivity index (χ2n) is 6.76. The van der Waals surface area contributed by atoms with Gasteiger partial charge >= 0.3 is 5.76 Å². The first kappa shape index (κ1) is 17.1. The molecule has 1 aromatic carbocycles. The highest BCUT2D eigenvalue weighted by atomic mass is 16.4. The average molecular weight is 368 g/mol. The minimum atomic E-state index is -0.542. The van der Waals surface area contributed by atoms with Crippen LogP contribution in [0.5, 0.6) is 0 Å². The molecule has 27 heavy (non-hydrogen) atoms. The molecule has 0 spiro atoms. The lowest BCUT2D eigenvalue weighted by Gasteiger charge is -2.34. The lowest BCUT2D eigenvalue weighted by Crippen LogP contribution is -2.51. The van der Waals surface area contributed by atoms with Gasteiger partial charge in [0, 0.05) is 51.2 Å². The third-order valence-electron chi connectivity index (χ3n) is 4.83. The summed E-state index contributed by atoms with van der Waals surface area (Å²) >= 11 is 0. The molecule has 0 saturated carbocycles. The number of nitrogens with zero attached hydrogens (tertiary/aromatic N) is 3. The second-order valence-corrected chi connectivity index (χ2v) is 6.76. The Labute approximate surface area is 155 Å². The number of H-pyrrole nitrogens is 1. The first-order chi connectivity index (χ1) is 13.0. The number of benzene rings is 1. The lowest BCUT2D eigenvalue weighted by molar-refractivity contribution is -0.131. The molecule has 3 aromatic rings. The number of carbonyl (C=O) groups is 2. The Morgan fingerprint density at radius 1 is 1.11 bits per heavy atom. The fourth-order valence-corrected chi connectivity index (χ4v) is 3.38. The van der Waals surface area contributed by atoms with Crippen LogP contribution in [0.2, 0.25) is 0 Å². The minimum absolute atomic E-state index is 0.0747. The Bertz CT molecular complexity index is 1050. The number of oxazole rings is 1. The Morgan fingerprint density at radius 3 is 2.56 bits per heavy atom. The van der Waals surface area contributed by atoms with E-state index in [1.165, 1.54) is 0 Å². The van der Waals surface area contributed by atoms with Gasteiger partial charge in [-0.25, -0.2) is 4.79 Å². The molecule has 2 aromatic heterocycles. The van der Waals surface area contributed by atoms with Crippen molar-refractivity contribution in [3.63, 3.8) is 0 Å². The van der Waals surface area contributed by atoms with Gasteiger partial charge in [0.25, 0.3) is 5.91 Å². The fraction of sp³-hybridized carbons (Fsp3) is 0.316. The van der Waals surface area contributed by atoms with Crippen LogP contribution in [-0.2, 0) is 18.3 Å². The number of aryl methyl sites for hydroxylation is 1. The van der Waals surface area contributed by atoms with Crippen LogP contribution in [0, 0.1) is 0 Å². The summed E-state index contributed by atoms with van der Waals surface area (Å²) in [6, 6.07) is 6.82. The Morgan fingerprint density at radius 2 is 1.85 bits per heavy atom. The zero-order chi connectivity index (χ0) is 19.0. The number of aromatic amines is 1. The second kappa shape index (κ2) is 6.79. The topological polar surface area (TPSA) is 91.6 Å². The van der Waals surface area contributed by atoms with Gasteiger partial charge in [0.1, 0.15) is 0 Å². The zero-order valence-corrected chi connectivity index (χ0v) is 15.0. The van der Waals surface area contributed by atoms with Crippen molar-refractivity contribution in [1.29, 1.82) is 0 Å². The van der Waals surface area contributed by atoms with Crippen molar-refractivity contribution in [3.8, 4) is 0 Å². The molecule has 8 nitrogen and oxygen atoms in total. The number of amides is 2. The number of piperazine rings is 1. The fourth-order valence-electron chi connectivity index (χ4n) is 3.38. The number of fused-ring (bicyclic) bond motifs is 1. The molecular formula is C19H20N4O4. The van der Waals surface area contributed by atoms with Crippen molar-refractivity contribution < 1.29 is 14.0 Å². The maximum absolute atomic E-state index is 12.7. The maximum Gasteiger partial charge on any atom is 0.417 e. The molecule has 0 bridgehead atoms. The smallest absolute Gasteiger partial charge is 0.408 e. The molecule has 1 saturated heterocycles. The highest BCUT2D eigenvalue weighted by molar-refractivity contribution is 5.97. The minimum Gasteiger partial charge on any atom is -0.408 e. The van der Waals surface area contributed by atoms with Crippen LogP contribution < -0.4 is 5.76 Å². The summed E-state index contributed by atoms with van der Waals surface area (Å²) in [6.07, 6.45) is 4.23. The van der Waals surface area contributed by atoms with Crippen molar-refractivity contribution in [3.05, 3.63) is 58.3 Å². The van der Waals surface area contributed by atoms with E-state index < -0.39 is 5.76 Å². The van der Waals surface area contributed by atoms with Crippen LogP contribution in [0.25, 0.3) is 11.1 Å². The number of nitrogens with one attached hydrogen (secondary N) is 1. The van der Waals surface area contributed by atoms with Gasteiger partial charge in [-0.1, -0.05) is 0 Å². The summed E-state index contributed by atoms with van der Waals surface area (Å²) in [5, 5.41) is 0. The van der Waals surface area contributed by atoms with Crippen LogP contribution in [0.4, 0.5) is 0 Å². The van der Waals surface area contributed by atoms with Gasteiger partial charge in [-0.2, -0.15) is 0 Å². The highest BCUT2D eigenvalue weighted by Crippen LogP contribution is 2.15. The summed E-state index contributed by atoms with van der Waals surface area (Å²) < 4.78 is 6.88. The zero-order valence-electron chi connectivity index (χ0n) is 15.0. The Balaban J connectivity index is 1.38. The molecule has 1 N–H and O–H groups in total. The van der Waals surface area contributed by atoms with Gasteiger partial charge < -0.3 is 18.8 Å². The maximum atomic E-state index is 12.7. The van der Waals surface area contributed by atoms with E-state index in [0.717, 1.165) is 5.56 Å². The van der Waals surface area contributed by atoms with Crippen LogP contribution in [0.1, 0.15) is 15.9 Å². The largest absolute Gasteiger partial charge is 0.417 e. The van der Waals surface area contributed by atoms with Gasteiger partial charge in [-0.3, -0.25) is 14.6 Å². The van der Waals surface area contributed by atoms with Gasteiger partial charge in [0.05, 0.1) is 11.9 Å².